The topological polar surface area (TPSA) is 26.0 Å². The van der Waals surface area contributed by atoms with Gasteiger partial charge in [0.2, 0.25) is 0 Å². The van der Waals surface area contributed by atoms with Crippen LogP contribution in [0.3, 0.4) is 0 Å². The molecule has 1 atom stereocenters. The van der Waals surface area contributed by atoms with Gasteiger partial charge in [0.05, 0.1) is 0 Å². The van der Waals surface area contributed by atoms with E-state index in [4.69, 9.17) is 5.73 Å². The molecule has 0 unspecified atom stereocenters. The van der Waals surface area contributed by atoms with Crippen molar-refractivity contribution in [1.82, 2.24) is 0 Å². The highest BCUT2D eigenvalue weighted by molar-refractivity contribution is 7.99. The third-order valence-electron chi connectivity index (χ3n) is 1.91. The fourth-order valence-electron chi connectivity index (χ4n) is 1.35. The molecule has 0 saturated carbocycles. The van der Waals surface area contributed by atoms with E-state index in [0.29, 0.717) is 6.04 Å². The minimum atomic E-state index is 0.356. The molecule has 2 rings (SSSR count). The zero-order valence-electron chi connectivity index (χ0n) is 6.29. The first kappa shape index (κ1) is 7.19. The molecule has 58 valence electrons. The molecule has 0 radical (unpaired) electrons. The summed E-state index contributed by atoms with van der Waals surface area (Å²) in [4.78, 5) is 1.41. The van der Waals surface area contributed by atoms with Crippen molar-refractivity contribution in [3.8, 4) is 0 Å². The lowest BCUT2D eigenvalue weighted by molar-refractivity contribution is 0.727. The summed E-state index contributed by atoms with van der Waals surface area (Å²) < 4.78 is 0. The predicted molar refractivity (Wildman–Crippen MR) is 48.8 cm³/mol. The van der Waals surface area contributed by atoms with Gasteiger partial charge in [-0.25, -0.2) is 0 Å². The number of rotatable bonds is 0. The zero-order valence-corrected chi connectivity index (χ0v) is 7.10. The maximum absolute atomic E-state index is 5.83. The Bertz CT molecular complexity index is 259. The van der Waals surface area contributed by atoms with Crippen molar-refractivity contribution in [3.05, 3.63) is 29.8 Å². The predicted octanol–water partition coefficient (Wildman–Crippen LogP) is 1.66. The molecule has 0 amide bonds. The van der Waals surface area contributed by atoms with Gasteiger partial charge in [0, 0.05) is 16.7 Å². The second kappa shape index (κ2) is 2.88. The molecule has 2 heteroatoms. The molecule has 1 aromatic rings. The summed E-state index contributed by atoms with van der Waals surface area (Å²) in [5.74, 6) is 1.07. The summed E-state index contributed by atoms with van der Waals surface area (Å²) in [6.45, 7) is 0. The van der Waals surface area contributed by atoms with Crippen LogP contribution in [-0.2, 0) is 6.42 Å². The standard InChI is InChI=1S/C9H11NS/c10-8-5-7-3-1-2-4-9(7)11-6-8/h1-4,8H,5-6,10H2/t8-/m1/s1. The van der Waals surface area contributed by atoms with Crippen LogP contribution < -0.4 is 5.73 Å². The fraction of sp³-hybridized carbons (Fsp3) is 0.333. The molecule has 0 aliphatic carbocycles. The summed E-state index contributed by atoms with van der Waals surface area (Å²) >= 11 is 1.87. The number of hydrogen-bond acceptors (Lipinski definition) is 2. The zero-order chi connectivity index (χ0) is 7.68. The second-order valence-electron chi connectivity index (χ2n) is 2.88. The number of thioether (sulfide) groups is 1. The van der Waals surface area contributed by atoms with Gasteiger partial charge in [-0.05, 0) is 18.1 Å². The van der Waals surface area contributed by atoms with Crippen LogP contribution in [0.1, 0.15) is 5.56 Å². The van der Waals surface area contributed by atoms with Crippen LogP contribution in [0, 0.1) is 0 Å². The SMILES string of the molecule is N[C@H]1CSc2ccccc2C1. The van der Waals surface area contributed by atoms with Crippen LogP contribution in [0.25, 0.3) is 0 Å². The molecule has 0 fully saturated rings. The first-order valence-electron chi connectivity index (χ1n) is 3.82. The average molecular weight is 165 g/mol. The Morgan fingerprint density at radius 2 is 2.18 bits per heavy atom. The molecule has 11 heavy (non-hydrogen) atoms. The molecular formula is C9H11NS. The quantitative estimate of drug-likeness (QED) is 0.632. The van der Waals surface area contributed by atoms with E-state index in [9.17, 15) is 0 Å². The van der Waals surface area contributed by atoms with Crippen molar-refractivity contribution in [2.24, 2.45) is 5.73 Å². The normalized spacial score (nSPS) is 22.8. The van der Waals surface area contributed by atoms with E-state index >= 15 is 0 Å². The molecule has 1 aromatic carbocycles. The van der Waals surface area contributed by atoms with E-state index in [-0.39, 0.29) is 0 Å². The van der Waals surface area contributed by atoms with Gasteiger partial charge in [0.15, 0.2) is 0 Å². The highest BCUT2D eigenvalue weighted by Gasteiger charge is 2.14. The van der Waals surface area contributed by atoms with Crippen LogP contribution in [0.4, 0.5) is 0 Å². The number of benzene rings is 1. The number of fused-ring (bicyclic) bond motifs is 1. The molecular weight excluding hydrogens is 154 g/mol. The minimum absolute atomic E-state index is 0.356. The van der Waals surface area contributed by atoms with Crippen LogP contribution in [0.5, 0.6) is 0 Å². The average Bonchev–Trinajstić information content (AvgIpc) is 2.04. The Morgan fingerprint density at radius 1 is 1.36 bits per heavy atom. The summed E-state index contributed by atoms with van der Waals surface area (Å²) in [5, 5.41) is 0. The van der Waals surface area contributed by atoms with E-state index in [1.165, 1.54) is 10.5 Å². The van der Waals surface area contributed by atoms with Crippen molar-refractivity contribution in [2.45, 2.75) is 17.4 Å². The van der Waals surface area contributed by atoms with Crippen molar-refractivity contribution in [2.75, 3.05) is 5.75 Å². The van der Waals surface area contributed by atoms with E-state index < -0.39 is 0 Å². The van der Waals surface area contributed by atoms with Gasteiger partial charge in [-0.2, -0.15) is 0 Å². The fourth-order valence-corrected chi connectivity index (χ4v) is 2.37. The molecule has 0 bridgehead atoms. The maximum atomic E-state index is 5.83. The molecule has 0 spiro atoms. The first-order valence-corrected chi connectivity index (χ1v) is 4.81. The first-order chi connectivity index (χ1) is 5.36. The van der Waals surface area contributed by atoms with Crippen LogP contribution in [-0.4, -0.2) is 11.8 Å². The van der Waals surface area contributed by atoms with Gasteiger partial charge in [0.1, 0.15) is 0 Å². The van der Waals surface area contributed by atoms with Gasteiger partial charge in [0.25, 0.3) is 0 Å². The molecule has 0 aromatic heterocycles. The van der Waals surface area contributed by atoms with E-state index in [1.807, 2.05) is 11.8 Å². The van der Waals surface area contributed by atoms with Crippen LogP contribution in [0.2, 0.25) is 0 Å². The molecule has 1 heterocycles. The smallest absolute Gasteiger partial charge is 0.0175 e. The Labute approximate surface area is 71.0 Å². The minimum Gasteiger partial charge on any atom is -0.327 e. The summed E-state index contributed by atoms with van der Waals surface area (Å²) in [7, 11) is 0. The second-order valence-corrected chi connectivity index (χ2v) is 3.94. The highest BCUT2D eigenvalue weighted by Crippen LogP contribution is 2.28. The van der Waals surface area contributed by atoms with Gasteiger partial charge < -0.3 is 5.73 Å². The number of nitrogens with two attached hydrogens (primary N) is 1. The maximum Gasteiger partial charge on any atom is 0.0175 e. The van der Waals surface area contributed by atoms with Crippen LogP contribution in [0.15, 0.2) is 29.2 Å². The van der Waals surface area contributed by atoms with E-state index in [1.54, 1.807) is 0 Å². The lowest BCUT2D eigenvalue weighted by Gasteiger charge is -2.19. The Kier molecular flexibility index (Phi) is 1.88. The largest absolute Gasteiger partial charge is 0.327 e. The van der Waals surface area contributed by atoms with Crippen molar-refractivity contribution < 1.29 is 0 Å². The van der Waals surface area contributed by atoms with Crippen molar-refractivity contribution in [3.63, 3.8) is 0 Å². The monoisotopic (exact) mass is 165 g/mol. The lowest BCUT2D eigenvalue weighted by atomic mass is 10.1. The van der Waals surface area contributed by atoms with Crippen molar-refractivity contribution in [1.29, 1.82) is 0 Å². The molecule has 0 saturated heterocycles. The van der Waals surface area contributed by atoms with Crippen LogP contribution >= 0.6 is 11.8 Å². The Hall–Kier alpha value is -0.470. The lowest BCUT2D eigenvalue weighted by Crippen LogP contribution is -2.28. The molecule has 1 aliphatic rings. The highest BCUT2D eigenvalue weighted by atomic mass is 32.2. The summed E-state index contributed by atoms with van der Waals surface area (Å²) in [6.07, 6.45) is 1.04. The molecule has 1 aliphatic heterocycles. The summed E-state index contributed by atoms with van der Waals surface area (Å²) in [5.41, 5.74) is 7.24. The third kappa shape index (κ3) is 1.42. The Morgan fingerprint density at radius 3 is 3.09 bits per heavy atom. The van der Waals surface area contributed by atoms with Gasteiger partial charge >= 0.3 is 0 Å². The van der Waals surface area contributed by atoms with E-state index in [2.05, 4.69) is 24.3 Å². The van der Waals surface area contributed by atoms with Gasteiger partial charge in [-0.3, -0.25) is 0 Å². The molecule has 1 nitrogen and oxygen atoms in total. The van der Waals surface area contributed by atoms with E-state index in [0.717, 1.165) is 12.2 Å². The summed E-state index contributed by atoms with van der Waals surface area (Å²) in [6, 6.07) is 8.86. The third-order valence-corrected chi connectivity index (χ3v) is 3.21. The van der Waals surface area contributed by atoms with Crippen molar-refractivity contribution >= 4 is 11.8 Å². The van der Waals surface area contributed by atoms with Gasteiger partial charge in [-0.15, -0.1) is 11.8 Å². The molecule has 2 N–H and O–H groups in total. The Balaban J connectivity index is 2.34. The number of hydrogen-bond donors (Lipinski definition) is 1. The van der Waals surface area contributed by atoms with Gasteiger partial charge in [-0.1, -0.05) is 18.2 Å².